The molecule has 2 saturated heterocycles. The molecule has 6 nitrogen and oxygen atoms in total. The molecule has 2 N–H and O–H groups in total. The van der Waals surface area contributed by atoms with Crippen LogP contribution < -0.4 is 5.56 Å². The molecule has 1 aromatic rings. The largest absolute Gasteiger partial charge is 0.393 e. The molecule has 0 aromatic carbocycles. The highest BCUT2D eigenvalue weighted by Crippen LogP contribution is 2.42. The van der Waals surface area contributed by atoms with E-state index in [1.165, 1.54) is 6.07 Å². The van der Waals surface area contributed by atoms with Crippen molar-refractivity contribution in [2.75, 3.05) is 13.1 Å². The van der Waals surface area contributed by atoms with Crippen molar-refractivity contribution in [1.82, 2.24) is 9.88 Å². The molecule has 0 unspecified atom stereocenters. The fourth-order valence-corrected chi connectivity index (χ4v) is 3.87. The van der Waals surface area contributed by atoms with E-state index in [1.54, 1.807) is 17.0 Å². The minimum absolute atomic E-state index is 0.0176. The summed E-state index contributed by atoms with van der Waals surface area (Å²) in [5.74, 6) is -0.156. The summed E-state index contributed by atoms with van der Waals surface area (Å²) in [6.45, 7) is 7.54. The number of likely N-dealkylation sites (tertiary alicyclic amines) is 1. The highest BCUT2D eigenvalue weighted by Gasteiger charge is 2.46. The number of nitrogens with one attached hydrogen (secondary N) is 1. The standard InChI is InChI=1S/C19H28N2O4/c1-18(2,3)15-11-13(22)12-19(25-15)7-9-21(10-8-19)17(24)14-5-4-6-16(23)20-14/h4-6,13,15,22H,7-12H2,1-3H3,(H,20,23)/t13-,15-/m1/s1. The van der Waals surface area contributed by atoms with E-state index in [4.69, 9.17) is 4.74 Å². The van der Waals surface area contributed by atoms with Crippen molar-refractivity contribution < 1.29 is 14.6 Å². The van der Waals surface area contributed by atoms with E-state index in [0.29, 0.717) is 44.5 Å². The van der Waals surface area contributed by atoms with Crippen molar-refractivity contribution in [1.29, 1.82) is 0 Å². The van der Waals surface area contributed by atoms with Crippen LogP contribution in [0.5, 0.6) is 0 Å². The number of aliphatic hydroxyl groups is 1. The number of rotatable bonds is 1. The normalized spacial score (nSPS) is 26.6. The van der Waals surface area contributed by atoms with Crippen LogP contribution in [0.1, 0.15) is 56.9 Å². The summed E-state index contributed by atoms with van der Waals surface area (Å²) < 4.78 is 6.45. The van der Waals surface area contributed by atoms with Gasteiger partial charge in [0.2, 0.25) is 5.56 Å². The van der Waals surface area contributed by atoms with Crippen molar-refractivity contribution in [3.63, 3.8) is 0 Å². The van der Waals surface area contributed by atoms with Gasteiger partial charge in [-0.1, -0.05) is 26.8 Å². The average molecular weight is 348 g/mol. The quantitative estimate of drug-likeness (QED) is 0.812. The molecule has 2 aliphatic heterocycles. The van der Waals surface area contributed by atoms with Crippen LogP contribution in [0.15, 0.2) is 23.0 Å². The van der Waals surface area contributed by atoms with Crippen LogP contribution in [0.2, 0.25) is 0 Å². The molecule has 3 rings (SSSR count). The van der Waals surface area contributed by atoms with Gasteiger partial charge in [-0.15, -0.1) is 0 Å². The molecule has 3 heterocycles. The summed E-state index contributed by atoms with van der Waals surface area (Å²) in [6.07, 6.45) is 2.37. The van der Waals surface area contributed by atoms with Gasteiger partial charge in [-0.25, -0.2) is 0 Å². The molecule has 2 atom stereocenters. The maximum Gasteiger partial charge on any atom is 0.270 e. The van der Waals surface area contributed by atoms with E-state index in [2.05, 4.69) is 25.8 Å². The number of nitrogens with zero attached hydrogens (tertiary/aromatic N) is 1. The fraction of sp³-hybridized carbons (Fsp3) is 0.684. The topological polar surface area (TPSA) is 82.6 Å². The van der Waals surface area contributed by atoms with Crippen molar-refractivity contribution in [2.24, 2.45) is 5.41 Å². The minimum Gasteiger partial charge on any atom is -0.393 e. The van der Waals surface area contributed by atoms with Gasteiger partial charge in [-0.05, 0) is 24.3 Å². The first-order chi connectivity index (χ1) is 11.7. The molecule has 0 saturated carbocycles. The van der Waals surface area contributed by atoms with Gasteiger partial charge >= 0.3 is 0 Å². The Kier molecular flexibility index (Phi) is 4.77. The first kappa shape index (κ1) is 18.1. The van der Waals surface area contributed by atoms with Crippen LogP contribution in [0.4, 0.5) is 0 Å². The Morgan fingerprint density at radius 1 is 1.32 bits per heavy atom. The number of aromatic amines is 1. The Labute approximate surface area is 148 Å². The zero-order chi connectivity index (χ0) is 18.2. The number of piperidine rings is 1. The lowest BCUT2D eigenvalue weighted by atomic mass is 9.76. The van der Waals surface area contributed by atoms with Crippen LogP contribution in [-0.4, -0.2) is 51.8 Å². The molecular weight excluding hydrogens is 320 g/mol. The monoisotopic (exact) mass is 348 g/mol. The Morgan fingerprint density at radius 2 is 2.00 bits per heavy atom. The Morgan fingerprint density at radius 3 is 2.60 bits per heavy atom. The zero-order valence-electron chi connectivity index (χ0n) is 15.2. The van der Waals surface area contributed by atoms with Crippen molar-refractivity contribution in [2.45, 2.75) is 64.3 Å². The summed E-state index contributed by atoms with van der Waals surface area (Å²) >= 11 is 0. The fourth-order valence-electron chi connectivity index (χ4n) is 3.87. The highest BCUT2D eigenvalue weighted by molar-refractivity contribution is 5.92. The lowest BCUT2D eigenvalue weighted by Gasteiger charge is -2.50. The number of aromatic nitrogens is 1. The van der Waals surface area contributed by atoms with Crippen LogP contribution >= 0.6 is 0 Å². The maximum absolute atomic E-state index is 12.6. The Bertz CT molecular complexity index is 683. The number of H-pyrrole nitrogens is 1. The molecule has 1 amide bonds. The highest BCUT2D eigenvalue weighted by atomic mass is 16.5. The van der Waals surface area contributed by atoms with E-state index >= 15 is 0 Å². The number of carbonyl (C=O) groups is 1. The number of hydrogen-bond donors (Lipinski definition) is 2. The first-order valence-corrected chi connectivity index (χ1v) is 9.03. The molecule has 25 heavy (non-hydrogen) atoms. The van der Waals surface area contributed by atoms with Gasteiger partial charge in [0.25, 0.3) is 5.91 Å². The molecule has 2 aliphatic rings. The molecule has 0 aliphatic carbocycles. The number of carbonyl (C=O) groups excluding carboxylic acids is 1. The van der Waals surface area contributed by atoms with Gasteiger partial charge in [0.05, 0.1) is 17.8 Å². The van der Waals surface area contributed by atoms with Crippen LogP contribution in [0.25, 0.3) is 0 Å². The van der Waals surface area contributed by atoms with Gasteiger partial charge in [0.1, 0.15) is 5.69 Å². The maximum atomic E-state index is 12.6. The third kappa shape index (κ3) is 3.96. The smallest absolute Gasteiger partial charge is 0.270 e. The van der Waals surface area contributed by atoms with E-state index in [0.717, 1.165) is 0 Å². The van der Waals surface area contributed by atoms with E-state index in [-0.39, 0.29) is 34.7 Å². The number of amides is 1. The molecule has 0 radical (unpaired) electrons. The van der Waals surface area contributed by atoms with E-state index in [1.807, 2.05) is 0 Å². The average Bonchev–Trinajstić information content (AvgIpc) is 2.53. The predicted molar refractivity (Wildman–Crippen MR) is 94.5 cm³/mol. The third-order valence-electron chi connectivity index (χ3n) is 5.41. The molecular formula is C19H28N2O4. The second kappa shape index (κ2) is 6.57. The minimum atomic E-state index is -0.356. The molecule has 2 fully saturated rings. The SMILES string of the molecule is CC(C)(C)[C@H]1C[C@@H](O)CC2(CCN(C(=O)c3cccc(=O)[nH]3)CC2)O1. The first-order valence-electron chi connectivity index (χ1n) is 9.03. The van der Waals surface area contributed by atoms with Crippen molar-refractivity contribution in [3.05, 3.63) is 34.2 Å². The Hall–Kier alpha value is -1.66. The molecule has 0 bridgehead atoms. The summed E-state index contributed by atoms with van der Waals surface area (Å²) in [5, 5.41) is 10.3. The van der Waals surface area contributed by atoms with Crippen LogP contribution in [0.3, 0.4) is 0 Å². The number of ether oxygens (including phenoxy) is 1. The zero-order valence-corrected chi connectivity index (χ0v) is 15.2. The van der Waals surface area contributed by atoms with Gasteiger partial charge in [0.15, 0.2) is 0 Å². The van der Waals surface area contributed by atoms with Crippen LogP contribution in [-0.2, 0) is 4.74 Å². The number of hydrogen-bond acceptors (Lipinski definition) is 4. The van der Waals surface area contributed by atoms with Crippen molar-refractivity contribution in [3.8, 4) is 0 Å². The lowest BCUT2D eigenvalue weighted by molar-refractivity contribution is -0.205. The van der Waals surface area contributed by atoms with Gasteiger partial charge in [-0.3, -0.25) is 9.59 Å². The summed E-state index contributed by atoms with van der Waals surface area (Å²) in [5.41, 5.74) is -0.326. The molecule has 1 spiro atoms. The predicted octanol–water partition coefficient (Wildman–Crippen LogP) is 1.94. The van der Waals surface area contributed by atoms with Crippen molar-refractivity contribution >= 4 is 5.91 Å². The Balaban J connectivity index is 1.68. The molecule has 6 heteroatoms. The summed E-state index contributed by atoms with van der Waals surface area (Å²) in [4.78, 5) is 28.3. The number of pyridine rings is 1. The van der Waals surface area contributed by atoms with Gasteiger partial charge < -0.3 is 19.7 Å². The van der Waals surface area contributed by atoms with Gasteiger partial charge in [0, 0.05) is 32.0 Å². The molecule has 1 aromatic heterocycles. The second-order valence-corrected chi connectivity index (χ2v) is 8.47. The summed E-state index contributed by atoms with van der Waals surface area (Å²) in [7, 11) is 0. The van der Waals surface area contributed by atoms with E-state index < -0.39 is 0 Å². The lowest BCUT2D eigenvalue weighted by Crippen LogP contribution is -2.55. The van der Waals surface area contributed by atoms with E-state index in [9.17, 15) is 14.7 Å². The summed E-state index contributed by atoms with van der Waals surface area (Å²) in [6, 6.07) is 4.61. The van der Waals surface area contributed by atoms with Gasteiger partial charge in [-0.2, -0.15) is 0 Å². The van der Waals surface area contributed by atoms with Crippen LogP contribution in [0, 0.1) is 5.41 Å². The number of aliphatic hydroxyl groups excluding tert-OH is 1. The third-order valence-corrected chi connectivity index (χ3v) is 5.41. The molecule has 138 valence electrons. The second-order valence-electron chi connectivity index (χ2n) is 8.47.